The van der Waals surface area contributed by atoms with Gasteiger partial charge in [0.15, 0.2) is 0 Å². The van der Waals surface area contributed by atoms with Crippen molar-refractivity contribution in [3.8, 4) is 11.1 Å². The lowest BCUT2D eigenvalue weighted by molar-refractivity contribution is -0.132. The Kier molecular flexibility index (Phi) is 3.56. The monoisotopic (exact) mass is 361 g/mol. The Morgan fingerprint density at radius 1 is 1.30 bits per heavy atom. The minimum absolute atomic E-state index is 0.170. The quantitative estimate of drug-likeness (QED) is 0.584. The smallest absolute Gasteiger partial charge is 0.224 e. The maximum absolute atomic E-state index is 11.6. The number of nitrogens with zero attached hydrogens (tertiary/aromatic N) is 5. The van der Waals surface area contributed by atoms with Crippen molar-refractivity contribution in [1.29, 1.82) is 0 Å². The van der Waals surface area contributed by atoms with E-state index in [0.717, 1.165) is 34.2 Å². The first-order chi connectivity index (χ1) is 13.2. The zero-order chi connectivity index (χ0) is 18.4. The fourth-order valence-corrected chi connectivity index (χ4v) is 3.61. The van der Waals surface area contributed by atoms with Crippen LogP contribution in [0.1, 0.15) is 12.8 Å². The van der Waals surface area contributed by atoms with Gasteiger partial charge in [-0.05, 0) is 18.6 Å². The highest BCUT2D eigenvalue weighted by Crippen LogP contribution is 2.28. The number of imidazole rings is 1. The average molecular weight is 361 g/mol. The number of amides is 1. The second-order valence-corrected chi connectivity index (χ2v) is 6.92. The Hall–Kier alpha value is -3.42. The SMILES string of the molecule is CN1C[C@@H](Nc2ncc3c(-c4ccc5nccn5c4)c[nH]c3n2)CCC1=O. The van der Waals surface area contributed by atoms with Gasteiger partial charge in [0.25, 0.3) is 0 Å². The largest absolute Gasteiger partial charge is 0.350 e. The lowest BCUT2D eigenvalue weighted by Gasteiger charge is -2.30. The van der Waals surface area contributed by atoms with E-state index in [0.29, 0.717) is 18.9 Å². The van der Waals surface area contributed by atoms with Crippen LogP contribution in [-0.2, 0) is 4.79 Å². The van der Waals surface area contributed by atoms with Crippen molar-refractivity contribution in [3.05, 3.63) is 43.1 Å². The van der Waals surface area contributed by atoms with Gasteiger partial charge in [-0.3, -0.25) is 4.79 Å². The molecule has 1 amide bonds. The Morgan fingerprint density at radius 3 is 3.11 bits per heavy atom. The van der Waals surface area contributed by atoms with E-state index >= 15 is 0 Å². The highest BCUT2D eigenvalue weighted by atomic mass is 16.2. The molecule has 8 heteroatoms. The van der Waals surface area contributed by atoms with Crippen molar-refractivity contribution < 1.29 is 4.79 Å². The van der Waals surface area contributed by atoms with E-state index in [9.17, 15) is 4.79 Å². The molecule has 1 saturated heterocycles. The molecule has 1 aliphatic rings. The van der Waals surface area contributed by atoms with E-state index in [1.807, 2.05) is 48.4 Å². The van der Waals surface area contributed by atoms with Crippen LogP contribution >= 0.6 is 0 Å². The molecule has 0 aromatic carbocycles. The minimum Gasteiger partial charge on any atom is -0.350 e. The molecule has 5 heterocycles. The van der Waals surface area contributed by atoms with Crippen LogP contribution in [0.2, 0.25) is 0 Å². The summed E-state index contributed by atoms with van der Waals surface area (Å²) in [4.78, 5) is 30.0. The predicted octanol–water partition coefficient (Wildman–Crippen LogP) is 2.31. The van der Waals surface area contributed by atoms with Gasteiger partial charge in [-0.1, -0.05) is 0 Å². The Balaban J connectivity index is 1.43. The summed E-state index contributed by atoms with van der Waals surface area (Å²) < 4.78 is 1.99. The molecule has 4 aromatic heterocycles. The maximum Gasteiger partial charge on any atom is 0.224 e. The van der Waals surface area contributed by atoms with E-state index in [1.54, 1.807) is 11.1 Å². The molecule has 5 rings (SSSR count). The third kappa shape index (κ3) is 2.79. The molecular formula is C19H19N7O. The normalized spacial score (nSPS) is 17.7. The number of piperidine rings is 1. The second-order valence-electron chi connectivity index (χ2n) is 6.92. The molecule has 136 valence electrons. The number of fused-ring (bicyclic) bond motifs is 2. The Bertz CT molecular complexity index is 1150. The number of likely N-dealkylation sites (tertiary alicyclic amines) is 1. The first-order valence-electron chi connectivity index (χ1n) is 8.95. The van der Waals surface area contributed by atoms with Crippen molar-refractivity contribution in [2.45, 2.75) is 18.9 Å². The molecule has 0 radical (unpaired) electrons. The van der Waals surface area contributed by atoms with Crippen LogP contribution in [0.25, 0.3) is 27.8 Å². The number of likely N-dealkylation sites (N-methyl/N-ethyl adjacent to an activating group) is 1. The van der Waals surface area contributed by atoms with Crippen molar-refractivity contribution in [1.82, 2.24) is 29.2 Å². The number of H-pyrrole nitrogens is 1. The molecule has 0 aliphatic carbocycles. The standard InChI is InChI=1S/C19H19N7O/c1-25-11-13(3-5-17(25)27)23-19-22-9-15-14(8-21-18(15)24-19)12-2-4-16-20-6-7-26(16)10-12/h2,4,6-10,13H,3,5,11H2,1H3,(H2,21,22,23,24)/t13-/m0/s1. The third-order valence-corrected chi connectivity index (χ3v) is 5.09. The van der Waals surface area contributed by atoms with E-state index in [1.165, 1.54) is 0 Å². The molecular weight excluding hydrogens is 342 g/mol. The molecule has 27 heavy (non-hydrogen) atoms. The van der Waals surface area contributed by atoms with Crippen molar-refractivity contribution >= 4 is 28.5 Å². The summed E-state index contributed by atoms with van der Waals surface area (Å²) in [5.74, 6) is 0.766. The molecule has 1 aliphatic heterocycles. The summed E-state index contributed by atoms with van der Waals surface area (Å²) in [6, 6.07) is 4.21. The molecule has 2 N–H and O–H groups in total. The highest BCUT2D eigenvalue weighted by Gasteiger charge is 2.23. The van der Waals surface area contributed by atoms with Crippen LogP contribution < -0.4 is 5.32 Å². The van der Waals surface area contributed by atoms with E-state index < -0.39 is 0 Å². The fraction of sp³-hybridized carbons (Fsp3) is 0.263. The number of pyridine rings is 1. The van der Waals surface area contributed by atoms with Crippen LogP contribution in [0, 0.1) is 0 Å². The molecule has 1 fully saturated rings. The number of hydrogen-bond acceptors (Lipinski definition) is 5. The molecule has 0 unspecified atom stereocenters. The minimum atomic E-state index is 0.170. The van der Waals surface area contributed by atoms with Gasteiger partial charge in [-0.15, -0.1) is 0 Å². The molecule has 8 nitrogen and oxygen atoms in total. The molecule has 4 aromatic rings. The third-order valence-electron chi connectivity index (χ3n) is 5.09. The van der Waals surface area contributed by atoms with E-state index in [4.69, 9.17) is 0 Å². The summed E-state index contributed by atoms with van der Waals surface area (Å²) in [6.07, 6.45) is 10.9. The highest BCUT2D eigenvalue weighted by molar-refractivity contribution is 5.93. The topological polar surface area (TPSA) is 91.2 Å². The summed E-state index contributed by atoms with van der Waals surface area (Å²) >= 11 is 0. The summed E-state index contributed by atoms with van der Waals surface area (Å²) in [6.45, 7) is 0.668. The predicted molar refractivity (Wildman–Crippen MR) is 102 cm³/mol. The van der Waals surface area contributed by atoms with Gasteiger partial charge in [-0.25, -0.2) is 9.97 Å². The van der Waals surface area contributed by atoms with Crippen LogP contribution in [-0.4, -0.2) is 54.8 Å². The number of aromatic nitrogens is 5. The van der Waals surface area contributed by atoms with Crippen molar-refractivity contribution in [2.75, 3.05) is 18.9 Å². The Labute approximate surface area is 155 Å². The van der Waals surface area contributed by atoms with E-state index in [2.05, 4.69) is 25.3 Å². The van der Waals surface area contributed by atoms with Gasteiger partial charge >= 0.3 is 0 Å². The van der Waals surface area contributed by atoms with Gasteiger partial charge in [0.1, 0.15) is 11.3 Å². The first kappa shape index (κ1) is 15.8. The van der Waals surface area contributed by atoms with Crippen molar-refractivity contribution in [3.63, 3.8) is 0 Å². The summed E-state index contributed by atoms with van der Waals surface area (Å²) in [7, 11) is 1.83. The maximum atomic E-state index is 11.6. The van der Waals surface area contributed by atoms with Gasteiger partial charge in [0.2, 0.25) is 11.9 Å². The number of hydrogen-bond donors (Lipinski definition) is 2. The van der Waals surface area contributed by atoms with Crippen LogP contribution in [0.4, 0.5) is 5.95 Å². The van der Waals surface area contributed by atoms with Crippen LogP contribution in [0.15, 0.2) is 43.1 Å². The molecule has 1 atom stereocenters. The number of carbonyl (C=O) groups excluding carboxylic acids is 1. The zero-order valence-corrected chi connectivity index (χ0v) is 14.9. The number of rotatable bonds is 3. The van der Waals surface area contributed by atoms with Gasteiger partial charge in [0.05, 0.1) is 0 Å². The number of carbonyl (C=O) groups is 1. The molecule has 0 saturated carbocycles. The van der Waals surface area contributed by atoms with Gasteiger partial charge in [0, 0.05) is 73.6 Å². The lowest BCUT2D eigenvalue weighted by atomic mass is 10.1. The summed E-state index contributed by atoms with van der Waals surface area (Å²) in [5, 5.41) is 4.31. The van der Waals surface area contributed by atoms with Crippen LogP contribution in [0.3, 0.4) is 0 Å². The van der Waals surface area contributed by atoms with Gasteiger partial charge in [-0.2, -0.15) is 4.98 Å². The van der Waals surface area contributed by atoms with Crippen LogP contribution in [0.5, 0.6) is 0 Å². The second kappa shape index (κ2) is 6.08. The van der Waals surface area contributed by atoms with Gasteiger partial charge < -0.3 is 19.6 Å². The number of anilines is 1. The molecule has 0 spiro atoms. The number of nitrogens with one attached hydrogen (secondary N) is 2. The first-order valence-corrected chi connectivity index (χ1v) is 8.95. The average Bonchev–Trinajstić information content (AvgIpc) is 3.30. The van der Waals surface area contributed by atoms with E-state index in [-0.39, 0.29) is 11.9 Å². The van der Waals surface area contributed by atoms with Crippen molar-refractivity contribution in [2.24, 2.45) is 0 Å². The fourth-order valence-electron chi connectivity index (χ4n) is 3.61. The Morgan fingerprint density at radius 2 is 2.22 bits per heavy atom. The summed E-state index contributed by atoms with van der Waals surface area (Å²) in [5.41, 5.74) is 3.82. The zero-order valence-electron chi connectivity index (χ0n) is 14.9. The number of aromatic amines is 1. The lowest BCUT2D eigenvalue weighted by Crippen LogP contribution is -2.43. The molecule has 0 bridgehead atoms.